The first-order chi connectivity index (χ1) is 12.0. The number of nitrogens with zero attached hydrogens (tertiary/aromatic N) is 2. The maximum Gasteiger partial charge on any atom is 0.351 e. The van der Waals surface area contributed by atoms with E-state index in [0.717, 1.165) is 16.9 Å². The van der Waals surface area contributed by atoms with Crippen molar-refractivity contribution in [1.29, 1.82) is 0 Å². The summed E-state index contributed by atoms with van der Waals surface area (Å²) in [5.41, 5.74) is 1.51. The van der Waals surface area contributed by atoms with Gasteiger partial charge in [-0.1, -0.05) is 22.9 Å². The highest BCUT2D eigenvalue weighted by molar-refractivity contribution is 7.18. The predicted octanol–water partition coefficient (Wildman–Crippen LogP) is 2.65. The fourth-order valence-electron chi connectivity index (χ4n) is 2.87. The van der Waals surface area contributed by atoms with Crippen molar-refractivity contribution >= 4 is 34.0 Å². The number of methoxy groups -OCH3 is 3. The molecule has 1 N–H and O–H groups in total. The van der Waals surface area contributed by atoms with Gasteiger partial charge in [-0.25, -0.2) is 9.78 Å². The molecule has 1 aliphatic rings. The van der Waals surface area contributed by atoms with Gasteiger partial charge >= 0.3 is 5.97 Å². The summed E-state index contributed by atoms with van der Waals surface area (Å²) >= 11 is 7.17. The minimum atomic E-state index is -0.793. The second kappa shape index (κ2) is 7.07. The number of rotatable bonds is 4. The molecule has 1 aromatic carbocycles. The lowest BCUT2D eigenvalue weighted by Gasteiger charge is -2.33. The summed E-state index contributed by atoms with van der Waals surface area (Å²) in [5.74, 6) is 0.719. The normalized spacial score (nSPS) is 16.4. The van der Waals surface area contributed by atoms with E-state index < -0.39 is 12.1 Å². The molecule has 0 fully saturated rings. The van der Waals surface area contributed by atoms with Crippen molar-refractivity contribution in [3.05, 3.63) is 33.3 Å². The minimum Gasteiger partial charge on any atom is -0.496 e. The second-order valence-electron chi connectivity index (χ2n) is 5.37. The van der Waals surface area contributed by atoms with Crippen LogP contribution in [0.25, 0.3) is 0 Å². The lowest BCUT2D eigenvalue weighted by atomic mass is 9.95. The summed E-state index contributed by atoms with van der Waals surface area (Å²) in [7, 11) is 4.42. The maximum atomic E-state index is 11.7. The molecule has 1 aromatic heterocycles. The van der Waals surface area contributed by atoms with E-state index >= 15 is 0 Å². The summed E-state index contributed by atoms with van der Waals surface area (Å²) in [5, 5.41) is 11.2. The van der Waals surface area contributed by atoms with Crippen LogP contribution in [-0.4, -0.2) is 43.9 Å². The van der Waals surface area contributed by atoms with Gasteiger partial charge in [0.05, 0.1) is 27.9 Å². The van der Waals surface area contributed by atoms with Gasteiger partial charge < -0.3 is 24.2 Å². The third kappa shape index (κ3) is 3.12. The third-order valence-corrected chi connectivity index (χ3v) is 5.49. The second-order valence-corrected chi connectivity index (χ2v) is 6.70. The average Bonchev–Trinajstić information content (AvgIpc) is 3.01. The van der Waals surface area contributed by atoms with Gasteiger partial charge in [-0.2, -0.15) is 0 Å². The number of anilines is 1. The molecule has 25 heavy (non-hydrogen) atoms. The Balaban J connectivity index is 2.00. The van der Waals surface area contributed by atoms with Crippen LogP contribution in [0, 0.1) is 0 Å². The van der Waals surface area contributed by atoms with Gasteiger partial charge in [0, 0.05) is 17.7 Å². The number of hydrogen-bond acceptors (Lipinski definition) is 8. The average molecular weight is 385 g/mol. The number of fused-ring (bicyclic) bond motifs is 1. The lowest BCUT2D eigenvalue weighted by Crippen LogP contribution is -2.34. The van der Waals surface area contributed by atoms with Gasteiger partial charge in [0.25, 0.3) is 0 Å². The number of β-amino-alcohol motifs (C(OH)–C–C–N with tert-alkyl or cyclic N) is 1. The largest absolute Gasteiger partial charge is 0.496 e. The molecule has 3 rings (SSSR count). The smallest absolute Gasteiger partial charge is 0.351 e. The third-order valence-electron chi connectivity index (χ3n) is 4.01. The molecule has 2 aromatic rings. The number of aliphatic hydroxyl groups is 1. The van der Waals surface area contributed by atoms with Crippen LogP contribution >= 0.6 is 22.9 Å². The number of aromatic nitrogens is 1. The number of halogens is 1. The van der Waals surface area contributed by atoms with E-state index in [-0.39, 0.29) is 10.0 Å². The number of ether oxygens (including phenoxy) is 3. The fourth-order valence-corrected chi connectivity index (χ4v) is 4.07. The SMILES string of the molecule is COC(=O)c1sc(N2Cc3c(OC)ccc(OC)c3C(O)C2)nc1Cl. The van der Waals surface area contributed by atoms with Crippen molar-refractivity contribution in [2.75, 3.05) is 32.8 Å². The molecule has 0 saturated heterocycles. The molecule has 134 valence electrons. The molecule has 1 aliphatic heterocycles. The zero-order chi connectivity index (χ0) is 18.1. The van der Waals surface area contributed by atoms with E-state index in [1.54, 1.807) is 26.4 Å². The van der Waals surface area contributed by atoms with Crippen LogP contribution in [0.1, 0.15) is 26.9 Å². The van der Waals surface area contributed by atoms with Crippen LogP contribution in [-0.2, 0) is 11.3 Å². The van der Waals surface area contributed by atoms with Crippen molar-refractivity contribution in [3.63, 3.8) is 0 Å². The van der Waals surface area contributed by atoms with Gasteiger partial charge in [-0.15, -0.1) is 0 Å². The topological polar surface area (TPSA) is 81.1 Å². The van der Waals surface area contributed by atoms with E-state index in [0.29, 0.717) is 35.3 Å². The van der Waals surface area contributed by atoms with E-state index in [2.05, 4.69) is 4.98 Å². The number of carbonyl (C=O) groups is 1. The van der Waals surface area contributed by atoms with Gasteiger partial charge in [0.15, 0.2) is 15.2 Å². The Morgan fingerprint density at radius 1 is 1.32 bits per heavy atom. The molecule has 0 aliphatic carbocycles. The highest BCUT2D eigenvalue weighted by atomic mass is 35.5. The Labute approximate surface area is 153 Å². The van der Waals surface area contributed by atoms with Gasteiger partial charge in [0.2, 0.25) is 0 Å². The highest BCUT2D eigenvalue weighted by Crippen LogP contribution is 2.42. The monoisotopic (exact) mass is 384 g/mol. The Hall–Kier alpha value is -2.03. The maximum absolute atomic E-state index is 11.7. The van der Waals surface area contributed by atoms with Gasteiger partial charge in [0.1, 0.15) is 17.6 Å². The van der Waals surface area contributed by atoms with Gasteiger partial charge in [-0.05, 0) is 12.1 Å². The summed E-state index contributed by atoms with van der Waals surface area (Å²) < 4.78 is 15.5. The number of benzene rings is 1. The van der Waals surface area contributed by atoms with E-state index in [1.165, 1.54) is 7.11 Å². The molecule has 7 nitrogen and oxygen atoms in total. The molecular formula is C16H17ClN2O5S. The first-order valence-corrected chi connectivity index (χ1v) is 8.61. The molecule has 0 bridgehead atoms. The van der Waals surface area contributed by atoms with Crippen LogP contribution in [0.4, 0.5) is 5.13 Å². The first-order valence-electron chi connectivity index (χ1n) is 7.41. The van der Waals surface area contributed by atoms with Crippen LogP contribution in [0.3, 0.4) is 0 Å². The van der Waals surface area contributed by atoms with E-state index in [4.69, 9.17) is 25.8 Å². The summed E-state index contributed by atoms with van der Waals surface area (Å²) in [4.78, 5) is 18.0. The molecule has 1 unspecified atom stereocenters. The molecule has 0 radical (unpaired) electrons. The van der Waals surface area contributed by atoms with Crippen LogP contribution < -0.4 is 14.4 Å². The fraction of sp³-hybridized carbons (Fsp3) is 0.375. The molecule has 0 spiro atoms. The van der Waals surface area contributed by atoms with Gasteiger partial charge in [-0.3, -0.25) is 0 Å². The summed E-state index contributed by atoms with van der Waals surface area (Å²) in [6.07, 6.45) is -0.793. The standard InChI is InChI=1S/C16H17ClN2O5S/c1-22-10-4-5-11(23-2)12-8(10)6-19(7-9(12)20)16-18-14(17)13(25-16)15(21)24-3/h4-5,9,20H,6-7H2,1-3H3. The highest BCUT2D eigenvalue weighted by Gasteiger charge is 2.32. The van der Waals surface area contributed by atoms with Crippen molar-refractivity contribution < 1.29 is 24.1 Å². The van der Waals surface area contributed by atoms with Crippen molar-refractivity contribution in [3.8, 4) is 11.5 Å². The Morgan fingerprint density at radius 2 is 2.00 bits per heavy atom. The van der Waals surface area contributed by atoms with Crippen LogP contribution in [0.5, 0.6) is 11.5 Å². The predicted molar refractivity (Wildman–Crippen MR) is 94.0 cm³/mol. The Bertz CT molecular complexity index is 810. The molecule has 1 atom stereocenters. The quantitative estimate of drug-likeness (QED) is 0.811. The number of thiazole rings is 1. The molecule has 0 saturated carbocycles. The summed E-state index contributed by atoms with van der Waals surface area (Å²) in [6, 6.07) is 3.56. The number of aliphatic hydroxyl groups excluding tert-OH is 1. The molecule has 2 heterocycles. The van der Waals surface area contributed by atoms with Crippen molar-refractivity contribution in [1.82, 2.24) is 4.98 Å². The zero-order valence-corrected chi connectivity index (χ0v) is 15.5. The number of carbonyl (C=O) groups excluding carboxylic acids is 1. The lowest BCUT2D eigenvalue weighted by molar-refractivity contribution is 0.0606. The summed E-state index contributed by atoms with van der Waals surface area (Å²) in [6.45, 7) is 0.734. The van der Waals surface area contributed by atoms with E-state index in [9.17, 15) is 9.90 Å². The van der Waals surface area contributed by atoms with Crippen molar-refractivity contribution in [2.24, 2.45) is 0 Å². The Kier molecular flexibility index (Phi) is 5.03. The van der Waals surface area contributed by atoms with Crippen molar-refractivity contribution in [2.45, 2.75) is 12.6 Å². The first kappa shape index (κ1) is 17.8. The number of esters is 1. The molecular weight excluding hydrogens is 368 g/mol. The molecule has 9 heteroatoms. The van der Waals surface area contributed by atoms with Crippen LogP contribution in [0.2, 0.25) is 5.15 Å². The zero-order valence-electron chi connectivity index (χ0n) is 13.9. The number of hydrogen-bond donors (Lipinski definition) is 1. The minimum absolute atomic E-state index is 0.0877. The Morgan fingerprint density at radius 3 is 2.64 bits per heavy atom. The molecule has 0 amide bonds. The van der Waals surface area contributed by atoms with Crippen LogP contribution in [0.15, 0.2) is 12.1 Å². The van der Waals surface area contributed by atoms with E-state index in [1.807, 2.05) is 4.90 Å².